The van der Waals surface area contributed by atoms with Crippen molar-refractivity contribution in [3.05, 3.63) is 22.4 Å². The van der Waals surface area contributed by atoms with Crippen molar-refractivity contribution >= 4 is 23.1 Å². The van der Waals surface area contributed by atoms with Crippen LogP contribution in [0.15, 0.2) is 16.8 Å². The lowest BCUT2D eigenvalue weighted by molar-refractivity contribution is 0.463. The highest BCUT2D eigenvalue weighted by Gasteiger charge is 2.24. The number of nitrogens with one attached hydrogen (secondary N) is 1. The quantitative estimate of drug-likeness (QED) is 0.863. The third kappa shape index (κ3) is 2.99. The Morgan fingerprint density at radius 2 is 2.40 bits per heavy atom. The number of rotatable bonds is 4. The van der Waals surface area contributed by atoms with Gasteiger partial charge < -0.3 is 5.32 Å². The molecule has 1 aliphatic carbocycles. The van der Waals surface area contributed by atoms with Crippen LogP contribution in [0.5, 0.6) is 0 Å². The van der Waals surface area contributed by atoms with Crippen LogP contribution in [-0.4, -0.2) is 17.5 Å². The molecule has 1 aromatic heterocycles. The fourth-order valence-electron chi connectivity index (χ4n) is 2.28. The van der Waals surface area contributed by atoms with Crippen LogP contribution in [0, 0.1) is 0 Å². The van der Waals surface area contributed by atoms with Crippen LogP contribution in [0.1, 0.15) is 37.8 Å². The van der Waals surface area contributed by atoms with Gasteiger partial charge in [-0.1, -0.05) is 0 Å². The summed E-state index contributed by atoms with van der Waals surface area (Å²) in [5.41, 5.74) is 1.44. The van der Waals surface area contributed by atoms with Gasteiger partial charge in [0, 0.05) is 17.3 Å². The van der Waals surface area contributed by atoms with Crippen molar-refractivity contribution in [3.63, 3.8) is 0 Å². The van der Waals surface area contributed by atoms with E-state index < -0.39 is 0 Å². The fraction of sp³-hybridized carbons (Fsp3) is 0.667. The van der Waals surface area contributed by atoms with E-state index in [4.69, 9.17) is 0 Å². The zero-order valence-electron chi connectivity index (χ0n) is 9.40. The molecule has 0 amide bonds. The molecule has 0 aromatic carbocycles. The highest BCUT2D eigenvalue weighted by molar-refractivity contribution is 7.99. The smallest absolute Gasteiger partial charge is 0.0302 e. The van der Waals surface area contributed by atoms with Crippen molar-refractivity contribution in [3.8, 4) is 0 Å². The molecule has 1 N–H and O–H groups in total. The molecule has 15 heavy (non-hydrogen) atoms. The van der Waals surface area contributed by atoms with Crippen molar-refractivity contribution in [1.82, 2.24) is 5.32 Å². The molecule has 3 atom stereocenters. The summed E-state index contributed by atoms with van der Waals surface area (Å²) in [6.45, 7) is 2.27. The van der Waals surface area contributed by atoms with Crippen LogP contribution in [-0.2, 0) is 0 Å². The first-order chi connectivity index (χ1) is 7.29. The lowest BCUT2D eigenvalue weighted by Crippen LogP contribution is -2.29. The first kappa shape index (κ1) is 11.5. The van der Waals surface area contributed by atoms with Gasteiger partial charge in [0.25, 0.3) is 0 Å². The number of thioether (sulfide) groups is 1. The lowest BCUT2D eigenvalue weighted by Gasteiger charge is -2.18. The van der Waals surface area contributed by atoms with E-state index in [0.29, 0.717) is 6.04 Å². The normalized spacial score (nSPS) is 28.1. The molecule has 1 saturated carbocycles. The lowest BCUT2D eigenvalue weighted by atomic mass is 10.1. The zero-order chi connectivity index (χ0) is 10.7. The third-order valence-corrected chi connectivity index (χ3v) is 5.04. The van der Waals surface area contributed by atoms with Gasteiger partial charge in [0.15, 0.2) is 0 Å². The molecule has 2 rings (SSSR count). The van der Waals surface area contributed by atoms with E-state index in [1.54, 1.807) is 11.3 Å². The largest absolute Gasteiger partial charge is 0.307 e. The van der Waals surface area contributed by atoms with Gasteiger partial charge in [-0.2, -0.15) is 23.1 Å². The minimum atomic E-state index is 0.516. The molecule has 3 unspecified atom stereocenters. The topological polar surface area (TPSA) is 12.0 Å². The second-order valence-electron chi connectivity index (χ2n) is 4.31. The zero-order valence-corrected chi connectivity index (χ0v) is 11.0. The standard InChI is InChI=1S/C12H19NS2/c1-9(10-5-6-15-8-10)13-11-3-4-12(7-11)14-2/h5-6,8-9,11-13H,3-4,7H2,1-2H3. The van der Waals surface area contributed by atoms with Gasteiger partial charge >= 0.3 is 0 Å². The van der Waals surface area contributed by atoms with Crippen molar-refractivity contribution < 1.29 is 0 Å². The Morgan fingerprint density at radius 1 is 1.53 bits per heavy atom. The Balaban J connectivity index is 1.83. The molecule has 84 valence electrons. The highest BCUT2D eigenvalue weighted by Crippen LogP contribution is 2.29. The summed E-state index contributed by atoms with van der Waals surface area (Å²) in [5, 5.41) is 9.03. The van der Waals surface area contributed by atoms with Gasteiger partial charge in [-0.05, 0) is 54.8 Å². The molecule has 0 spiro atoms. The van der Waals surface area contributed by atoms with Crippen molar-refractivity contribution in [2.75, 3.05) is 6.26 Å². The summed E-state index contributed by atoms with van der Waals surface area (Å²) < 4.78 is 0. The van der Waals surface area contributed by atoms with E-state index in [0.717, 1.165) is 11.3 Å². The van der Waals surface area contributed by atoms with Gasteiger partial charge in [-0.15, -0.1) is 0 Å². The molecule has 0 aliphatic heterocycles. The second-order valence-corrected chi connectivity index (χ2v) is 6.23. The molecule has 1 heterocycles. The Kier molecular flexibility index (Phi) is 4.12. The van der Waals surface area contributed by atoms with Gasteiger partial charge in [0.1, 0.15) is 0 Å². The summed E-state index contributed by atoms with van der Waals surface area (Å²) in [5.74, 6) is 0. The Morgan fingerprint density at radius 3 is 3.00 bits per heavy atom. The molecule has 0 radical (unpaired) electrons. The highest BCUT2D eigenvalue weighted by atomic mass is 32.2. The van der Waals surface area contributed by atoms with Crippen molar-refractivity contribution in [1.29, 1.82) is 0 Å². The summed E-state index contributed by atoms with van der Waals surface area (Å²) >= 11 is 3.81. The first-order valence-electron chi connectivity index (χ1n) is 5.60. The molecule has 0 saturated heterocycles. The van der Waals surface area contributed by atoms with Crippen molar-refractivity contribution in [2.24, 2.45) is 0 Å². The average molecular weight is 241 g/mol. The van der Waals surface area contributed by atoms with Gasteiger partial charge in [-0.25, -0.2) is 0 Å². The second kappa shape index (κ2) is 5.37. The maximum atomic E-state index is 3.74. The predicted octanol–water partition coefficient (Wildman–Crippen LogP) is 3.68. The van der Waals surface area contributed by atoms with Crippen LogP contribution in [0.3, 0.4) is 0 Å². The average Bonchev–Trinajstić information content (AvgIpc) is 2.87. The fourth-order valence-corrected chi connectivity index (χ4v) is 3.83. The SMILES string of the molecule is CSC1CCC(NC(C)c2ccsc2)C1. The van der Waals surface area contributed by atoms with Crippen LogP contribution in [0.4, 0.5) is 0 Å². The molecule has 1 nitrogen and oxygen atoms in total. The van der Waals surface area contributed by atoms with Gasteiger partial charge in [0.2, 0.25) is 0 Å². The van der Waals surface area contributed by atoms with E-state index in [9.17, 15) is 0 Å². The maximum absolute atomic E-state index is 3.74. The number of hydrogen-bond acceptors (Lipinski definition) is 3. The molecule has 0 bridgehead atoms. The first-order valence-corrected chi connectivity index (χ1v) is 7.83. The van der Waals surface area contributed by atoms with E-state index in [2.05, 4.69) is 35.3 Å². The van der Waals surface area contributed by atoms with Crippen LogP contribution in [0.2, 0.25) is 0 Å². The minimum absolute atomic E-state index is 0.516. The van der Waals surface area contributed by atoms with Gasteiger partial charge in [-0.3, -0.25) is 0 Å². The van der Waals surface area contributed by atoms with Crippen LogP contribution in [0.25, 0.3) is 0 Å². The maximum Gasteiger partial charge on any atom is 0.0302 e. The van der Waals surface area contributed by atoms with E-state index in [1.165, 1.54) is 24.8 Å². The number of thiophene rings is 1. The molecule has 1 aromatic rings. The summed E-state index contributed by atoms with van der Waals surface area (Å²) in [6, 6.07) is 3.47. The minimum Gasteiger partial charge on any atom is -0.307 e. The summed E-state index contributed by atoms with van der Waals surface area (Å²) in [6.07, 6.45) is 6.31. The summed E-state index contributed by atoms with van der Waals surface area (Å²) in [4.78, 5) is 0. The van der Waals surface area contributed by atoms with Gasteiger partial charge in [0.05, 0.1) is 0 Å². The van der Waals surface area contributed by atoms with E-state index in [-0.39, 0.29) is 0 Å². The molecular weight excluding hydrogens is 222 g/mol. The Labute approximate surface area is 101 Å². The molecular formula is C12H19NS2. The monoisotopic (exact) mass is 241 g/mol. The Bertz CT molecular complexity index is 284. The third-order valence-electron chi connectivity index (χ3n) is 3.25. The molecule has 1 fully saturated rings. The van der Waals surface area contributed by atoms with Crippen molar-refractivity contribution in [2.45, 2.75) is 43.5 Å². The molecule has 1 aliphatic rings. The predicted molar refractivity (Wildman–Crippen MR) is 70.8 cm³/mol. The van der Waals surface area contributed by atoms with E-state index in [1.807, 2.05) is 11.8 Å². The summed E-state index contributed by atoms with van der Waals surface area (Å²) in [7, 11) is 0. The van der Waals surface area contributed by atoms with E-state index >= 15 is 0 Å². The number of hydrogen-bond donors (Lipinski definition) is 1. The molecule has 3 heteroatoms. The Hall–Kier alpha value is 0.01000. The van der Waals surface area contributed by atoms with Crippen LogP contribution >= 0.6 is 23.1 Å². The van der Waals surface area contributed by atoms with Crippen LogP contribution < -0.4 is 5.32 Å².